The second-order valence-electron chi connectivity index (χ2n) is 4.40. The van der Waals surface area contributed by atoms with Crippen molar-refractivity contribution in [3.63, 3.8) is 0 Å². The Morgan fingerprint density at radius 1 is 1.30 bits per heavy atom. The lowest BCUT2D eigenvalue weighted by atomic mass is 10.2. The van der Waals surface area contributed by atoms with Crippen LogP contribution in [-0.2, 0) is 11.3 Å². The summed E-state index contributed by atoms with van der Waals surface area (Å²) < 4.78 is 11.9. The van der Waals surface area contributed by atoms with Crippen LogP contribution in [0.1, 0.15) is 28.7 Å². The number of hydrogen-bond acceptors (Lipinski definition) is 4. The van der Waals surface area contributed by atoms with Gasteiger partial charge in [-0.15, -0.1) is 0 Å². The third-order valence-electron chi connectivity index (χ3n) is 2.96. The minimum atomic E-state index is -0.385. The summed E-state index contributed by atoms with van der Waals surface area (Å²) in [6.45, 7) is 4.65. The van der Waals surface area contributed by atoms with Crippen LogP contribution in [0.4, 0.5) is 0 Å². The molecule has 2 aromatic rings. The van der Waals surface area contributed by atoms with E-state index < -0.39 is 0 Å². The molecule has 0 bridgehead atoms. The summed E-state index contributed by atoms with van der Waals surface area (Å²) in [5, 5.41) is 4.28. The Balaban J connectivity index is 2.14. The van der Waals surface area contributed by atoms with Crippen molar-refractivity contribution in [3.05, 3.63) is 47.3 Å². The summed E-state index contributed by atoms with van der Waals surface area (Å²) in [4.78, 5) is 11.6. The van der Waals surface area contributed by atoms with E-state index in [-0.39, 0.29) is 5.97 Å². The largest absolute Gasteiger partial charge is 0.497 e. The van der Waals surface area contributed by atoms with Gasteiger partial charge in [-0.1, -0.05) is 12.1 Å². The first-order chi connectivity index (χ1) is 9.63. The summed E-state index contributed by atoms with van der Waals surface area (Å²) >= 11 is 0. The monoisotopic (exact) mass is 274 g/mol. The predicted molar refractivity (Wildman–Crippen MR) is 75.0 cm³/mol. The van der Waals surface area contributed by atoms with E-state index >= 15 is 0 Å². The van der Waals surface area contributed by atoms with Gasteiger partial charge < -0.3 is 9.47 Å². The Morgan fingerprint density at radius 3 is 2.60 bits per heavy atom. The Bertz CT molecular complexity index is 588. The first-order valence-electron chi connectivity index (χ1n) is 6.48. The fraction of sp³-hybridized carbons (Fsp3) is 0.333. The highest BCUT2D eigenvalue weighted by atomic mass is 16.5. The lowest BCUT2D eigenvalue weighted by Crippen LogP contribution is -2.08. The first-order valence-corrected chi connectivity index (χ1v) is 6.48. The van der Waals surface area contributed by atoms with Crippen molar-refractivity contribution in [3.8, 4) is 5.75 Å². The molecule has 5 nitrogen and oxygen atoms in total. The molecule has 1 heterocycles. The van der Waals surface area contributed by atoms with Gasteiger partial charge in [-0.05, 0) is 37.6 Å². The minimum Gasteiger partial charge on any atom is -0.497 e. The van der Waals surface area contributed by atoms with Gasteiger partial charge in [0.25, 0.3) is 0 Å². The Kier molecular flexibility index (Phi) is 4.40. The normalized spacial score (nSPS) is 10.3. The molecule has 106 valence electrons. The molecule has 0 saturated heterocycles. The fourth-order valence-corrected chi connectivity index (χ4v) is 1.88. The van der Waals surface area contributed by atoms with Crippen LogP contribution in [0.3, 0.4) is 0 Å². The number of aromatic nitrogens is 2. The molecule has 1 aromatic carbocycles. The van der Waals surface area contributed by atoms with Crippen LogP contribution in [0, 0.1) is 6.92 Å². The molecule has 0 amide bonds. The van der Waals surface area contributed by atoms with Crippen molar-refractivity contribution in [1.82, 2.24) is 9.78 Å². The molecule has 1 aromatic heterocycles. The number of benzene rings is 1. The van der Waals surface area contributed by atoms with Crippen LogP contribution in [0.15, 0.2) is 30.3 Å². The Morgan fingerprint density at radius 2 is 2.00 bits per heavy atom. The maximum Gasteiger partial charge on any atom is 0.358 e. The molecule has 0 N–H and O–H groups in total. The van der Waals surface area contributed by atoms with Gasteiger partial charge in [0, 0.05) is 5.69 Å². The summed E-state index contributed by atoms with van der Waals surface area (Å²) in [7, 11) is 1.64. The summed E-state index contributed by atoms with van der Waals surface area (Å²) in [6.07, 6.45) is 0. The molecular formula is C15H18N2O3. The van der Waals surface area contributed by atoms with Crippen LogP contribution in [0.25, 0.3) is 0 Å². The van der Waals surface area contributed by atoms with Gasteiger partial charge in [0.05, 0.1) is 20.3 Å². The molecular weight excluding hydrogens is 256 g/mol. The molecule has 0 unspecified atom stereocenters. The van der Waals surface area contributed by atoms with E-state index in [2.05, 4.69) is 5.10 Å². The number of methoxy groups -OCH3 is 1. The number of hydrogen-bond donors (Lipinski definition) is 0. The van der Waals surface area contributed by atoms with Crippen molar-refractivity contribution < 1.29 is 14.3 Å². The number of carbonyl (C=O) groups is 1. The number of carbonyl (C=O) groups excluding carboxylic acids is 1. The van der Waals surface area contributed by atoms with Crippen molar-refractivity contribution in [2.24, 2.45) is 0 Å². The SMILES string of the molecule is CCOC(=O)c1cc(C)n(Cc2ccc(OC)cc2)n1. The molecule has 0 aliphatic rings. The van der Waals surface area contributed by atoms with Gasteiger partial charge in [0.2, 0.25) is 0 Å². The summed E-state index contributed by atoms with van der Waals surface area (Å²) in [5.74, 6) is 0.433. The summed E-state index contributed by atoms with van der Waals surface area (Å²) in [5.41, 5.74) is 2.36. The second kappa shape index (κ2) is 6.23. The molecule has 0 spiro atoms. The molecule has 0 atom stereocenters. The van der Waals surface area contributed by atoms with E-state index in [9.17, 15) is 4.79 Å². The lowest BCUT2D eigenvalue weighted by molar-refractivity contribution is 0.0518. The van der Waals surface area contributed by atoms with E-state index in [1.165, 1.54) is 0 Å². The zero-order chi connectivity index (χ0) is 14.5. The topological polar surface area (TPSA) is 53.4 Å². The molecule has 0 saturated carbocycles. The van der Waals surface area contributed by atoms with Crippen LogP contribution in [0.5, 0.6) is 5.75 Å². The summed E-state index contributed by atoms with van der Waals surface area (Å²) in [6, 6.07) is 9.50. The average Bonchev–Trinajstić information content (AvgIpc) is 2.81. The standard InChI is InChI=1S/C15H18N2O3/c1-4-20-15(18)14-9-11(2)17(16-14)10-12-5-7-13(19-3)8-6-12/h5-9H,4,10H2,1-3H3. The fourth-order valence-electron chi connectivity index (χ4n) is 1.88. The smallest absolute Gasteiger partial charge is 0.358 e. The number of rotatable bonds is 5. The van der Waals surface area contributed by atoms with E-state index in [4.69, 9.17) is 9.47 Å². The van der Waals surface area contributed by atoms with E-state index in [1.54, 1.807) is 24.8 Å². The second-order valence-corrected chi connectivity index (χ2v) is 4.40. The quantitative estimate of drug-likeness (QED) is 0.786. The molecule has 5 heteroatoms. The van der Waals surface area contributed by atoms with Crippen LogP contribution in [0.2, 0.25) is 0 Å². The third-order valence-corrected chi connectivity index (χ3v) is 2.96. The number of aryl methyl sites for hydroxylation is 1. The Labute approximate surface area is 118 Å². The molecule has 2 rings (SSSR count). The van der Waals surface area contributed by atoms with Crippen LogP contribution >= 0.6 is 0 Å². The van der Waals surface area contributed by atoms with Crippen molar-refractivity contribution in [2.45, 2.75) is 20.4 Å². The molecule has 0 aliphatic carbocycles. The number of esters is 1. The Hall–Kier alpha value is -2.30. The predicted octanol–water partition coefficient (Wildman–Crippen LogP) is 2.43. The maximum atomic E-state index is 11.6. The zero-order valence-electron chi connectivity index (χ0n) is 11.9. The van der Waals surface area contributed by atoms with Crippen molar-refractivity contribution in [1.29, 1.82) is 0 Å². The number of ether oxygens (including phenoxy) is 2. The van der Waals surface area contributed by atoms with E-state index in [1.807, 2.05) is 31.2 Å². The molecule has 0 aliphatic heterocycles. The van der Waals surface area contributed by atoms with Crippen molar-refractivity contribution in [2.75, 3.05) is 13.7 Å². The van der Waals surface area contributed by atoms with E-state index in [0.29, 0.717) is 18.8 Å². The first kappa shape index (κ1) is 14.1. The zero-order valence-corrected chi connectivity index (χ0v) is 11.9. The van der Waals surface area contributed by atoms with E-state index in [0.717, 1.165) is 17.0 Å². The molecule has 0 radical (unpaired) electrons. The van der Waals surface area contributed by atoms with Crippen LogP contribution < -0.4 is 4.74 Å². The molecule has 20 heavy (non-hydrogen) atoms. The van der Waals surface area contributed by atoms with Gasteiger partial charge in [-0.2, -0.15) is 5.10 Å². The number of nitrogens with zero attached hydrogens (tertiary/aromatic N) is 2. The third kappa shape index (κ3) is 3.17. The highest BCUT2D eigenvalue weighted by molar-refractivity contribution is 5.87. The average molecular weight is 274 g/mol. The highest BCUT2D eigenvalue weighted by Crippen LogP contribution is 2.13. The van der Waals surface area contributed by atoms with Gasteiger partial charge in [0.15, 0.2) is 5.69 Å². The maximum absolute atomic E-state index is 11.6. The molecule has 0 fully saturated rings. The van der Waals surface area contributed by atoms with Gasteiger partial charge in [0.1, 0.15) is 5.75 Å². The van der Waals surface area contributed by atoms with Gasteiger partial charge in [-0.3, -0.25) is 4.68 Å². The van der Waals surface area contributed by atoms with Gasteiger partial charge in [-0.25, -0.2) is 4.79 Å². The van der Waals surface area contributed by atoms with Gasteiger partial charge >= 0.3 is 5.97 Å². The minimum absolute atomic E-state index is 0.345. The lowest BCUT2D eigenvalue weighted by Gasteiger charge is -2.05. The van der Waals surface area contributed by atoms with Crippen LogP contribution in [-0.4, -0.2) is 29.5 Å². The highest BCUT2D eigenvalue weighted by Gasteiger charge is 2.13. The van der Waals surface area contributed by atoms with Crippen molar-refractivity contribution >= 4 is 5.97 Å².